The minimum atomic E-state index is -0.115. The van der Waals surface area contributed by atoms with Gasteiger partial charge in [0.2, 0.25) is 0 Å². The first-order valence-electron chi connectivity index (χ1n) is 3.80. The van der Waals surface area contributed by atoms with Gasteiger partial charge >= 0.3 is 0 Å². The summed E-state index contributed by atoms with van der Waals surface area (Å²) < 4.78 is 1.48. The number of pyridine rings is 2. The van der Waals surface area contributed by atoms with Gasteiger partial charge in [-0.2, -0.15) is 0 Å². The van der Waals surface area contributed by atoms with Crippen LogP contribution in [0, 0.1) is 0 Å². The Kier molecular flexibility index (Phi) is 1.81. The van der Waals surface area contributed by atoms with Crippen molar-refractivity contribution in [1.29, 1.82) is 0 Å². The molecule has 0 aliphatic heterocycles. The van der Waals surface area contributed by atoms with Crippen LogP contribution in [0.1, 0.15) is 0 Å². The molecule has 13 heavy (non-hydrogen) atoms. The topological polar surface area (TPSA) is 34.9 Å². The van der Waals surface area contributed by atoms with Gasteiger partial charge in [-0.05, 0) is 12.1 Å². The van der Waals surface area contributed by atoms with Crippen molar-refractivity contribution in [3.8, 4) is 0 Å². The first-order chi connectivity index (χ1) is 6.20. The molecule has 2 aromatic heterocycles. The van der Waals surface area contributed by atoms with E-state index in [0.717, 1.165) is 0 Å². The number of hydrogen-bond donors (Lipinski definition) is 0. The average molecular weight is 195 g/mol. The fourth-order valence-electron chi connectivity index (χ4n) is 1.22. The van der Waals surface area contributed by atoms with Crippen LogP contribution in [0.3, 0.4) is 0 Å². The predicted molar refractivity (Wildman–Crippen MR) is 52.0 cm³/mol. The van der Waals surface area contributed by atoms with E-state index < -0.39 is 0 Å². The summed E-state index contributed by atoms with van der Waals surface area (Å²) in [6, 6.07) is 3.38. The minimum absolute atomic E-state index is 0.115. The zero-order valence-electron chi connectivity index (χ0n) is 6.99. The molecule has 0 saturated heterocycles. The molecule has 2 aromatic rings. The smallest absolute Gasteiger partial charge is 0.261 e. The Labute approximate surface area is 79.6 Å². The summed E-state index contributed by atoms with van der Waals surface area (Å²) in [4.78, 5) is 15.6. The quantitative estimate of drug-likeness (QED) is 0.639. The molecule has 0 saturated carbocycles. The lowest BCUT2D eigenvalue weighted by Crippen LogP contribution is -2.16. The van der Waals surface area contributed by atoms with Crippen molar-refractivity contribution in [3.05, 3.63) is 39.9 Å². The van der Waals surface area contributed by atoms with E-state index in [-0.39, 0.29) is 5.56 Å². The lowest BCUT2D eigenvalue weighted by Gasteiger charge is -2.00. The summed E-state index contributed by atoms with van der Waals surface area (Å²) in [5, 5.41) is 0.931. The van der Waals surface area contributed by atoms with Crippen LogP contribution in [0.25, 0.3) is 10.9 Å². The highest BCUT2D eigenvalue weighted by atomic mass is 35.5. The van der Waals surface area contributed by atoms with Gasteiger partial charge in [0, 0.05) is 19.4 Å². The van der Waals surface area contributed by atoms with E-state index in [9.17, 15) is 4.79 Å². The Hall–Kier alpha value is -1.35. The largest absolute Gasteiger partial charge is 0.318 e. The summed E-state index contributed by atoms with van der Waals surface area (Å²) in [5.74, 6) is 0. The molecule has 2 heterocycles. The highest BCUT2D eigenvalue weighted by Crippen LogP contribution is 2.16. The molecule has 0 aliphatic rings. The number of rotatable bonds is 0. The molecule has 66 valence electrons. The Morgan fingerprint density at radius 2 is 2.23 bits per heavy atom. The van der Waals surface area contributed by atoms with E-state index in [1.54, 1.807) is 31.6 Å². The third-order valence-corrected chi connectivity index (χ3v) is 2.23. The number of aromatic nitrogens is 2. The molecule has 0 atom stereocenters. The maximum absolute atomic E-state index is 11.6. The van der Waals surface area contributed by atoms with E-state index in [4.69, 9.17) is 11.6 Å². The molecule has 0 radical (unpaired) electrons. The van der Waals surface area contributed by atoms with Gasteiger partial charge in [-0.15, -0.1) is 0 Å². The van der Waals surface area contributed by atoms with E-state index in [1.807, 2.05) is 0 Å². The summed E-state index contributed by atoms with van der Waals surface area (Å²) in [7, 11) is 1.69. The maximum atomic E-state index is 11.6. The number of aryl methyl sites for hydroxylation is 1. The van der Waals surface area contributed by atoms with Crippen molar-refractivity contribution in [2.75, 3.05) is 0 Å². The van der Waals surface area contributed by atoms with Crippen molar-refractivity contribution >= 4 is 22.5 Å². The van der Waals surface area contributed by atoms with E-state index in [0.29, 0.717) is 15.9 Å². The summed E-state index contributed by atoms with van der Waals surface area (Å²) in [5.41, 5.74) is 0.520. The summed E-state index contributed by atoms with van der Waals surface area (Å²) in [6.45, 7) is 0. The fourth-order valence-corrected chi connectivity index (χ4v) is 1.45. The molecule has 0 fully saturated rings. The SMILES string of the molecule is Cn1ccc2nccc(Cl)c2c1=O. The standard InChI is InChI=1S/C9H7ClN2O/c1-12-5-3-7-8(9(12)13)6(10)2-4-11-7/h2-5H,1H3. The van der Waals surface area contributed by atoms with Gasteiger partial charge in [0.25, 0.3) is 5.56 Å². The second-order valence-corrected chi connectivity index (χ2v) is 3.19. The first kappa shape index (κ1) is 8.26. The zero-order valence-corrected chi connectivity index (χ0v) is 7.75. The zero-order chi connectivity index (χ0) is 9.42. The highest BCUT2D eigenvalue weighted by Gasteiger charge is 2.04. The molecule has 0 unspecified atom stereocenters. The highest BCUT2D eigenvalue weighted by molar-refractivity contribution is 6.35. The van der Waals surface area contributed by atoms with Crippen LogP contribution in [0.5, 0.6) is 0 Å². The van der Waals surface area contributed by atoms with Crippen molar-refractivity contribution < 1.29 is 0 Å². The molecule has 0 spiro atoms. The third kappa shape index (κ3) is 1.21. The number of fused-ring (bicyclic) bond motifs is 1. The van der Waals surface area contributed by atoms with Crippen LogP contribution in [-0.2, 0) is 7.05 Å². The molecule has 2 rings (SSSR count). The fraction of sp³-hybridized carbons (Fsp3) is 0.111. The van der Waals surface area contributed by atoms with Crippen LogP contribution >= 0.6 is 11.6 Å². The van der Waals surface area contributed by atoms with Crippen LogP contribution in [0.15, 0.2) is 29.3 Å². The second kappa shape index (κ2) is 2.85. The first-order valence-corrected chi connectivity index (χ1v) is 4.18. The predicted octanol–water partition coefficient (Wildman–Crippen LogP) is 1.59. The van der Waals surface area contributed by atoms with Crippen molar-refractivity contribution in [2.45, 2.75) is 0 Å². The number of nitrogens with zero attached hydrogens (tertiary/aromatic N) is 2. The van der Waals surface area contributed by atoms with Gasteiger partial charge in [0.15, 0.2) is 0 Å². The van der Waals surface area contributed by atoms with Gasteiger partial charge in [-0.25, -0.2) is 0 Å². The van der Waals surface area contributed by atoms with Crippen molar-refractivity contribution in [2.24, 2.45) is 7.05 Å². The minimum Gasteiger partial charge on any atom is -0.318 e. The Morgan fingerprint density at radius 1 is 1.46 bits per heavy atom. The van der Waals surface area contributed by atoms with Crippen LogP contribution in [0.4, 0.5) is 0 Å². The van der Waals surface area contributed by atoms with Gasteiger partial charge in [-0.1, -0.05) is 11.6 Å². The Balaban J connectivity index is 3.06. The molecule has 0 amide bonds. The van der Waals surface area contributed by atoms with Gasteiger partial charge in [0.05, 0.1) is 15.9 Å². The van der Waals surface area contributed by atoms with E-state index in [2.05, 4.69) is 4.98 Å². The molecule has 0 N–H and O–H groups in total. The van der Waals surface area contributed by atoms with Gasteiger partial charge in [0.1, 0.15) is 0 Å². The molecule has 4 heteroatoms. The lowest BCUT2D eigenvalue weighted by molar-refractivity contribution is 0.872. The average Bonchev–Trinajstić information content (AvgIpc) is 2.12. The van der Waals surface area contributed by atoms with E-state index >= 15 is 0 Å². The normalized spacial score (nSPS) is 10.6. The monoisotopic (exact) mass is 194 g/mol. The van der Waals surface area contributed by atoms with Crippen LogP contribution in [-0.4, -0.2) is 9.55 Å². The van der Waals surface area contributed by atoms with Crippen molar-refractivity contribution in [1.82, 2.24) is 9.55 Å². The Morgan fingerprint density at radius 3 is 3.00 bits per heavy atom. The van der Waals surface area contributed by atoms with Crippen LogP contribution in [0.2, 0.25) is 5.02 Å². The molecule has 0 bridgehead atoms. The Bertz CT molecular complexity index is 518. The molecule has 3 nitrogen and oxygen atoms in total. The third-order valence-electron chi connectivity index (χ3n) is 1.92. The van der Waals surface area contributed by atoms with Gasteiger partial charge < -0.3 is 4.57 Å². The maximum Gasteiger partial charge on any atom is 0.261 e. The van der Waals surface area contributed by atoms with Crippen molar-refractivity contribution in [3.63, 3.8) is 0 Å². The number of hydrogen-bond acceptors (Lipinski definition) is 2. The van der Waals surface area contributed by atoms with E-state index in [1.165, 1.54) is 4.57 Å². The lowest BCUT2D eigenvalue weighted by atomic mass is 10.2. The van der Waals surface area contributed by atoms with Crippen LogP contribution < -0.4 is 5.56 Å². The molecule has 0 aliphatic carbocycles. The molecular weight excluding hydrogens is 188 g/mol. The number of halogens is 1. The molecular formula is C9H7ClN2O. The van der Waals surface area contributed by atoms with Gasteiger partial charge in [-0.3, -0.25) is 9.78 Å². The molecule has 0 aromatic carbocycles. The summed E-state index contributed by atoms with van der Waals surface area (Å²) >= 11 is 5.88. The second-order valence-electron chi connectivity index (χ2n) is 2.78. The summed E-state index contributed by atoms with van der Waals surface area (Å²) in [6.07, 6.45) is 3.26.